The third-order valence-electron chi connectivity index (χ3n) is 10.7. The molecule has 342 valence electrons. The van der Waals surface area contributed by atoms with Gasteiger partial charge in [0.15, 0.2) is 5.82 Å². The Labute approximate surface area is 381 Å². The van der Waals surface area contributed by atoms with Crippen LogP contribution in [0.2, 0.25) is 5.02 Å². The van der Waals surface area contributed by atoms with Crippen molar-refractivity contribution in [2.24, 2.45) is 4.99 Å². The predicted molar refractivity (Wildman–Crippen MR) is 235 cm³/mol. The first-order valence-corrected chi connectivity index (χ1v) is 22.6. The van der Waals surface area contributed by atoms with Crippen molar-refractivity contribution in [3.8, 4) is 33.9 Å². The Bertz CT molecular complexity index is 3470. The van der Waals surface area contributed by atoms with Gasteiger partial charge in [0.05, 0.1) is 63.9 Å². The predicted octanol–water partition coefficient (Wildman–Crippen LogP) is 9.52. The highest BCUT2D eigenvalue weighted by molar-refractivity contribution is 8.12. The number of benzene rings is 4. The van der Waals surface area contributed by atoms with Crippen LogP contribution in [0.4, 0.5) is 33.6 Å². The SMILES string of the molecule is COc1cc(C(F)(F)F)c(Cl)cc1C1=C2C=CC(S(=O)(=O)N(c3ccon3)S(=O)(=O)c3ccc4c(-c5cc(C)c(-c6cc(F)cc(F)c6)cc5OC)ncnc4c3)=CC2N(c2ccon2)C=N1. The molecule has 1 aliphatic heterocycles. The fourth-order valence-electron chi connectivity index (χ4n) is 7.69. The van der Waals surface area contributed by atoms with Gasteiger partial charge in [-0.3, -0.25) is 0 Å². The summed E-state index contributed by atoms with van der Waals surface area (Å²) in [5.41, 5.74) is 1.26. The number of fused-ring (bicyclic) bond motifs is 2. The van der Waals surface area contributed by atoms with Gasteiger partial charge in [-0.15, -0.1) is 3.71 Å². The largest absolute Gasteiger partial charge is 0.496 e. The van der Waals surface area contributed by atoms with Crippen LogP contribution >= 0.6 is 11.6 Å². The Kier molecular flexibility index (Phi) is 11.2. The van der Waals surface area contributed by atoms with Gasteiger partial charge >= 0.3 is 6.18 Å². The maximum absolute atomic E-state index is 14.9. The van der Waals surface area contributed by atoms with Crippen LogP contribution in [0.25, 0.3) is 39.0 Å². The second-order valence-corrected chi connectivity index (χ2v) is 18.9. The molecule has 3 aromatic heterocycles. The number of anilines is 2. The number of hydrogen-bond donors (Lipinski definition) is 0. The van der Waals surface area contributed by atoms with Crippen molar-refractivity contribution in [1.29, 1.82) is 0 Å². The third kappa shape index (κ3) is 7.95. The molecular weight excluding hydrogens is 949 g/mol. The van der Waals surface area contributed by atoms with Crippen molar-refractivity contribution >= 4 is 66.2 Å². The number of ether oxygens (including phenoxy) is 2. The molecule has 4 aromatic carbocycles. The van der Waals surface area contributed by atoms with Crippen LogP contribution in [0.3, 0.4) is 0 Å². The normalized spacial score (nSPS) is 15.2. The highest BCUT2D eigenvalue weighted by atomic mass is 35.5. The summed E-state index contributed by atoms with van der Waals surface area (Å²) in [7, 11) is -7.76. The summed E-state index contributed by atoms with van der Waals surface area (Å²) >= 11 is 6.13. The van der Waals surface area contributed by atoms with E-state index in [9.17, 15) is 38.8 Å². The van der Waals surface area contributed by atoms with E-state index in [0.717, 1.165) is 49.8 Å². The first kappa shape index (κ1) is 44.8. The van der Waals surface area contributed by atoms with Gasteiger partial charge in [0.2, 0.25) is 5.82 Å². The third-order valence-corrected chi connectivity index (χ3v) is 15.2. The van der Waals surface area contributed by atoms with Gasteiger partial charge in [0, 0.05) is 40.3 Å². The Morgan fingerprint density at radius 2 is 1.51 bits per heavy atom. The molecule has 23 heteroatoms. The standard InChI is InChI=1S/C44H29ClF5N7O8S2/c1-23-12-32(38(62-2)19-31(23)24-13-25(46)15-26(47)14-24)42-29-6-4-27(16-36(29)51-21-52-42)66(58,59)57(41-9-11-65-55-41)67(60,61)28-5-7-30-37(17-28)56(40-8-10-64-54-40)22-53-43(30)33-18-35(45)34(44(48,49)50)20-39(33)63-3/h4-22,37H,1-3H3. The Morgan fingerprint density at radius 3 is 2.18 bits per heavy atom. The van der Waals surface area contributed by atoms with Gasteiger partial charge in [0.25, 0.3) is 20.0 Å². The number of aromatic nitrogens is 4. The number of halogens is 6. The summed E-state index contributed by atoms with van der Waals surface area (Å²) in [5, 5.41) is 7.29. The van der Waals surface area contributed by atoms with E-state index >= 15 is 0 Å². The van der Waals surface area contributed by atoms with Gasteiger partial charge in [-0.1, -0.05) is 28.0 Å². The van der Waals surface area contributed by atoms with Crippen molar-refractivity contribution in [3.05, 3.63) is 154 Å². The molecule has 7 aromatic rings. The van der Waals surface area contributed by atoms with Crippen molar-refractivity contribution in [3.63, 3.8) is 0 Å². The Balaban J connectivity index is 1.13. The van der Waals surface area contributed by atoms with Crippen LogP contribution in [-0.2, 0) is 26.2 Å². The molecule has 9 rings (SSSR count). The molecule has 15 nitrogen and oxygen atoms in total. The van der Waals surface area contributed by atoms with Crippen LogP contribution in [0, 0.1) is 18.6 Å². The molecule has 0 saturated carbocycles. The zero-order valence-electron chi connectivity index (χ0n) is 34.5. The van der Waals surface area contributed by atoms with E-state index in [0.29, 0.717) is 28.1 Å². The van der Waals surface area contributed by atoms with Crippen molar-refractivity contribution in [1.82, 2.24) is 20.3 Å². The average molecular weight is 978 g/mol. The summed E-state index contributed by atoms with van der Waals surface area (Å²) in [5.74, 6) is -2.03. The monoisotopic (exact) mass is 977 g/mol. The summed E-state index contributed by atoms with van der Waals surface area (Å²) in [4.78, 5) is 13.5. The van der Waals surface area contributed by atoms with Crippen LogP contribution in [-0.4, -0.2) is 63.7 Å². The van der Waals surface area contributed by atoms with Crippen LogP contribution in [0.5, 0.6) is 11.5 Å². The lowest BCUT2D eigenvalue weighted by atomic mass is 9.93. The number of allylic oxidation sites excluding steroid dienone is 1. The molecule has 2 aliphatic rings. The molecule has 0 saturated heterocycles. The van der Waals surface area contributed by atoms with Gasteiger partial charge in [-0.2, -0.15) is 30.0 Å². The van der Waals surface area contributed by atoms with E-state index in [1.807, 2.05) is 0 Å². The number of alkyl halides is 3. The van der Waals surface area contributed by atoms with E-state index in [4.69, 9.17) is 30.1 Å². The second kappa shape index (κ2) is 16.8. The summed E-state index contributed by atoms with van der Waals surface area (Å²) in [6, 6.07) is 13.1. The first-order chi connectivity index (χ1) is 31.9. The minimum atomic E-state index is -5.18. The molecule has 0 bridgehead atoms. The molecule has 1 atom stereocenters. The molecule has 0 N–H and O–H groups in total. The Morgan fingerprint density at radius 1 is 0.791 bits per heavy atom. The highest BCUT2D eigenvalue weighted by Crippen LogP contribution is 2.45. The molecule has 1 aliphatic carbocycles. The van der Waals surface area contributed by atoms with E-state index in [1.54, 1.807) is 19.1 Å². The van der Waals surface area contributed by atoms with E-state index in [2.05, 4.69) is 25.3 Å². The minimum absolute atomic E-state index is 0.0297. The fraction of sp³-hybridized carbons (Fsp3) is 0.114. The molecule has 4 heterocycles. The van der Waals surface area contributed by atoms with Gasteiger partial charge < -0.3 is 23.4 Å². The maximum Gasteiger partial charge on any atom is 0.417 e. The molecule has 0 amide bonds. The molecule has 0 fully saturated rings. The quantitative estimate of drug-likeness (QED) is 0.112. The average Bonchev–Trinajstić information content (AvgIpc) is 4.03. The second-order valence-electron chi connectivity index (χ2n) is 14.7. The van der Waals surface area contributed by atoms with Crippen LogP contribution in [0.1, 0.15) is 16.7 Å². The van der Waals surface area contributed by atoms with Gasteiger partial charge in [-0.05, 0) is 90.4 Å². The van der Waals surface area contributed by atoms with E-state index in [-0.39, 0.29) is 54.6 Å². The van der Waals surface area contributed by atoms with E-state index < -0.39 is 70.1 Å². The summed E-state index contributed by atoms with van der Waals surface area (Å²) in [6.45, 7) is 1.72. The summed E-state index contributed by atoms with van der Waals surface area (Å²) in [6.07, 6.45) is 3.39. The zero-order valence-corrected chi connectivity index (χ0v) is 36.9. The first-order valence-electron chi connectivity index (χ1n) is 19.3. The molecular formula is C44H29ClF5N7O8S2. The number of aryl methyl sites for hydroxylation is 1. The summed E-state index contributed by atoms with van der Waals surface area (Å²) < 4.78 is 150. The molecule has 0 radical (unpaired) electrons. The molecule has 67 heavy (non-hydrogen) atoms. The van der Waals surface area contributed by atoms with Crippen LogP contribution in [0.15, 0.2) is 139 Å². The van der Waals surface area contributed by atoms with Crippen molar-refractivity contribution < 1.29 is 57.3 Å². The number of sulfonamides is 2. The van der Waals surface area contributed by atoms with Crippen molar-refractivity contribution in [2.45, 2.75) is 24.0 Å². The van der Waals surface area contributed by atoms with Gasteiger partial charge in [0.1, 0.15) is 42.0 Å². The highest BCUT2D eigenvalue weighted by Gasteiger charge is 2.43. The lowest BCUT2D eigenvalue weighted by Gasteiger charge is -2.34. The Hall–Kier alpha value is -7.43. The number of aliphatic imine (C=N–C) groups is 1. The molecule has 1 unspecified atom stereocenters. The fourth-order valence-corrected chi connectivity index (χ4v) is 11.6. The van der Waals surface area contributed by atoms with Crippen LogP contribution < -0.4 is 18.1 Å². The van der Waals surface area contributed by atoms with Crippen molar-refractivity contribution in [2.75, 3.05) is 22.8 Å². The number of methoxy groups -OCH3 is 2. The lowest BCUT2D eigenvalue weighted by Crippen LogP contribution is -2.41. The number of rotatable bonds is 11. The van der Waals surface area contributed by atoms with E-state index in [1.165, 1.54) is 67.4 Å². The van der Waals surface area contributed by atoms with Gasteiger partial charge in [-0.25, -0.2) is 23.7 Å². The maximum atomic E-state index is 14.9. The number of hydrogen-bond acceptors (Lipinski definition) is 14. The minimum Gasteiger partial charge on any atom is -0.496 e. The lowest BCUT2D eigenvalue weighted by molar-refractivity contribution is -0.137. The zero-order chi connectivity index (χ0) is 47.6. The smallest absolute Gasteiger partial charge is 0.417 e. The number of nitrogens with zero attached hydrogens (tertiary/aromatic N) is 7. The molecule has 0 spiro atoms. The topological polar surface area (TPSA) is 183 Å².